The van der Waals surface area contributed by atoms with Gasteiger partial charge in [-0.25, -0.2) is 8.42 Å². The fourth-order valence-electron chi connectivity index (χ4n) is 2.86. The Hall–Kier alpha value is -1.76. The summed E-state index contributed by atoms with van der Waals surface area (Å²) in [7, 11) is -3.57. The molecule has 1 heterocycles. The first-order valence-electron chi connectivity index (χ1n) is 7.85. The van der Waals surface area contributed by atoms with E-state index in [2.05, 4.69) is 0 Å². The van der Waals surface area contributed by atoms with E-state index in [0.717, 1.165) is 19.1 Å². The predicted octanol–water partition coefficient (Wildman–Crippen LogP) is 1.86. The van der Waals surface area contributed by atoms with E-state index < -0.39 is 16.1 Å². The predicted molar refractivity (Wildman–Crippen MR) is 90.2 cm³/mol. The van der Waals surface area contributed by atoms with Gasteiger partial charge < -0.3 is 9.64 Å². The molecule has 1 aromatic carbocycles. The molecule has 2 rings (SSSR count). The maximum absolute atomic E-state index is 12.6. The van der Waals surface area contributed by atoms with Gasteiger partial charge >= 0.3 is 0 Å². The molecule has 1 fully saturated rings. The zero-order valence-electron chi connectivity index (χ0n) is 13.9. The number of rotatable bonds is 6. The smallest absolute Gasteiger partial charge is 0.246 e. The third-order valence-electron chi connectivity index (χ3n) is 3.89. The normalized spacial score (nSPS) is 16.2. The first-order valence-corrected chi connectivity index (χ1v) is 9.70. The molecule has 1 aromatic rings. The number of ether oxygens (including phenoxy) is 1. The second-order valence-corrected chi connectivity index (χ2v) is 7.55. The Kier molecular flexibility index (Phi) is 5.51. The first-order chi connectivity index (χ1) is 10.8. The van der Waals surface area contributed by atoms with Crippen molar-refractivity contribution in [2.75, 3.05) is 30.3 Å². The van der Waals surface area contributed by atoms with E-state index in [0.29, 0.717) is 31.1 Å². The molecule has 1 atom stereocenters. The van der Waals surface area contributed by atoms with Gasteiger partial charge in [0.2, 0.25) is 15.9 Å². The number of anilines is 1. The van der Waals surface area contributed by atoms with Crippen LogP contribution in [0.3, 0.4) is 0 Å². The molecule has 1 saturated heterocycles. The van der Waals surface area contributed by atoms with Crippen LogP contribution in [-0.2, 0) is 14.8 Å². The van der Waals surface area contributed by atoms with Crippen molar-refractivity contribution >= 4 is 21.6 Å². The summed E-state index contributed by atoms with van der Waals surface area (Å²) in [6, 6.07) is 5.99. The molecular weight excluding hydrogens is 316 g/mol. The van der Waals surface area contributed by atoms with Gasteiger partial charge in [-0.05, 0) is 51.0 Å². The molecule has 1 aliphatic rings. The van der Waals surface area contributed by atoms with Gasteiger partial charge in [0.1, 0.15) is 11.8 Å². The maximum atomic E-state index is 12.6. The van der Waals surface area contributed by atoms with Crippen LogP contribution in [0.4, 0.5) is 5.69 Å². The van der Waals surface area contributed by atoms with Gasteiger partial charge in [0.15, 0.2) is 0 Å². The molecule has 0 unspecified atom stereocenters. The number of carbonyl (C=O) groups excluding carboxylic acids is 1. The van der Waals surface area contributed by atoms with E-state index in [1.54, 1.807) is 36.1 Å². The monoisotopic (exact) mass is 340 g/mol. The lowest BCUT2D eigenvalue weighted by atomic mass is 10.2. The highest BCUT2D eigenvalue weighted by molar-refractivity contribution is 7.92. The van der Waals surface area contributed by atoms with Crippen LogP contribution in [0.2, 0.25) is 0 Å². The van der Waals surface area contributed by atoms with Crippen LogP contribution in [0, 0.1) is 0 Å². The summed E-state index contributed by atoms with van der Waals surface area (Å²) in [6.07, 6.45) is 3.07. The van der Waals surface area contributed by atoms with Gasteiger partial charge in [0.25, 0.3) is 0 Å². The molecule has 1 amide bonds. The molecule has 128 valence electrons. The zero-order chi connectivity index (χ0) is 17.0. The highest BCUT2D eigenvalue weighted by Gasteiger charge is 2.32. The number of likely N-dealkylation sites (tertiary alicyclic amines) is 1. The first kappa shape index (κ1) is 17.6. The van der Waals surface area contributed by atoms with Crippen LogP contribution in [0.1, 0.15) is 26.7 Å². The summed E-state index contributed by atoms with van der Waals surface area (Å²) < 4.78 is 31.0. The lowest BCUT2D eigenvalue weighted by molar-refractivity contribution is -0.130. The van der Waals surface area contributed by atoms with Gasteiger partial charge in [-0.2, -0.15) is 0 Å². The zero-order valence-corrected chi connectivity index (χ0v) is 14.7. The minimum atomic E-state index is -3.57. The van der Waals surface area contributed by atoms with E-state index in [4.69, 9.17) is 4.74 Å². The molecule has 7 heteroatoms. The molecule has 0 N–H and O–H groups in total. The average Bonchev–Trinajstić information content (AvgIpc) is 3.01. The van der Waals surface area contributed by atoms with Gasteiger partial charge in [-0.3, -0.25) is 9.10 Å². The molecule has 23 heavy (non-hydrogen) atoms. The second kappa shape index (κ2) is 7.21. The van der Waals surface area contributed by atoms with Crippen LogP contribution < -0.4 is 9.04 Å². The van der Waals surface area contributed by atoms with Crippen molar-refractivity contribution in [3.8, 4) is 5.75 Å². The highest BCUT2D eigenvalue weighted by atomic mass is 32.2. The summed E-state index contributed by atoms with van der Waals surface area (Å²) in [4.78, 5) is 14.3. The molecule has 0 radical (unpaired) electrons. The number of sulfonamides is 1. The quantitative estimate of drug-likeness (QED) is 0.793. The lowest BCUT2D eigenvalue weighted by Crippen LogP contribution is -2.48. The Labute approximate surface area is 138 Å². The molecule has 0 bridgehead atoms. The van der Waals surface area contributed by atoms with Gasteiger partial charge in [0.05, 0.1) is 18.6 Å². The fourth-order valence-corrected chi connectivity index (χ4v) is 4.03. The molecule has 1 aliphatic heterocycles. The van der Waals surface area contributed by atoms with Crippen LogP contribution in [0.15, 0.2) is 24.3 Å². The summed E-state index contributed by atoms with van der Waals surface area (Å²) in [5.41, 5.74) is 0.469. The van der Waals surface area contributed by atoms with E-state index in [1.165, 1.54) is 4.31 Å². The largest absolute Gasteiger partial charge is 0.494 e. The Morgan fingerprint density at radius 1 is 1.26 bits per heavy atom. The van der Waals surface area contributed by atoms with Gasteiger partial charge in [-0.1, -0.05) is 0 Å². The summed E-state index contributed by atoms with van der Waals surface area (Å²) in [6.45, 7) is 5.46. The van der Waals surface area contributed by atoms with Crippen molar-refractivity contribution in [2.45, 2.75) is 32.7 Å². The van der Waals surface area contributed by atoms with Crippen molar-refractivity contribution in [3.05, 3.63) is 24.3 Å². The lowest BCUT2D eigenvalue weighted by Gasteiger charge is -2.31. The molecule has 6 nitrogen and oxygen atoms in total. The number of benzene rings is 1. The average molecular weight is 340 g/mol. The van der Waals surface area contributed by atoms with Crippen LogP contribution in [0.25, 0.3) is 0 Å². The number of amides is 1. The molecular formula is C16H24N2O4S. The van der Waals surface area contributed by atoms with Gasteiger partial charge in [0, 0.05) is 13.1 Å². The highest BCUT2D eigenvalue weighted by Crippen LogP contribution is 2.25. The topological polar surface area (TPSA) is 66.9 Å². The maximum Gasteiger partial charge on any atom is 0.246 e. The number of carbonyl (C=O) groups is 1. The van der Waals surface area contributed by atoms with E-state index in [-0.39, 0.29) is 5.91 Å². The third kappa shape index (κ3) is 4.16. The molecule has 0 aromatic heterocycles. The van der Waals surface area contributed by atoms with Gasteiger partial charge in [-0.15, -0.1) is 0 Å². The van der Waals surface area contributed by atoms with Crippen LogP contribution in [0.5, 0.6) is 5.75 Å². The van der Waals surface area contributed by atoms with E-state index in [1.807, 2.05) is 6.92 Å². The van der Waals surface area contributed by atoms with Crippen molar-refractivity contribution < 1.29 is 17.9 Å². The van der Waals surface area contributed by atoms with E-state index >= 15 is 0 Å². The summed E-state index contributed by atoms with van der Waals surface area (Å²) in [5.74, 6) is 0.519. The number of hydrogen-bond acceptors (Lipinski definition) is 4. The number of hydrogen-bond donors (Lipinski definition) is 0. The summed E-state index contributed by atoms with van der Waals surface area (Å²) in [5, 5.41) is 0. The van der Waals surface area contributed by atoms with Crippen molar-refractivity contribution in [1.82, 2.24) is 4.90 Å². The Balaban J connectivity index is 2.27. The van der Waals surface area contributed by atoms with Crippen molar-refractivity contribution in [2.24, 2.45) is 0 Å². The Bertz CT molecular complexity index is 637. The molecule has 0 spiro atoms. The third-order valence-corrected chi connectivity index (χ3v) is 5.13. The minimum absolute atomic E-state index is 0.151. The van der Waals surface area contributed by atoms with Crippen molar-refractivity contribution in [1.29, 1.82) is 0 Å². The van der Waals surface area contributed by atoms with Crippen LogP contribution >= 0.6 is 0 Å². The Morgan fingerprint density at radius 2 is 1.83 bits per heavy atom. The van der Waals surface area contributed by atoms with E-state index in [9.17, 15) is 13.2 Å². The van der Waals surface area contributed by atoms with Crippen LogP contribution in [-0.4, -0.2) is 51.2 Å². The van der Waals surface area contributed by atoms with Crippen molar-refractivity contribution in [3.63, 3.8) is 0 Å². The minimum Gasteiger partial charge on any atom is -0.494 e. The standard InChI is InChI=1S/C16H24N2O4S/c1-4-22-15-9-7-14(8-10-15)18(23(3,20)21)13(2)16(19)17-11-5-6-12-17/h7-10,13H,4-6,11-12H2,1-3H3/t13-/m1/s1. The Morgan fingerprint density at radius 3 is 2.30 bits per heavy atom. The SMILES string of the molecule is CCOc1ccc(N([C@H](C)C(=O)N2CCCC2)S(C)(=O)=O)cc1. The molecule has 0 saturated carbocycles. The fraction of sp³-hybridized carbons (Fsp3) is 0.562. The molecule has 0 aliphatic carbocycles. The second-order valence-electron chi connectivity index (χ2n) is 5.69. The number of nitrogens with zero attached hydrogens (tertiary/aromatic N) is 2. The summed E-state index contributed by atoms with van der Waals surface area (Å²) >= 11 is 0.